The third kappa shape index (κ3) is 2.94. The molecule has 1 saturated carbocycles. The van der Waals surface area contributed by atoms with Crippen molar-refractivity contribution in [3.63, 3.8) is 0 Å². The van der Waals surface area contributed by atoms with Gasteiger partial charge in [-0.15, -0.1) is 10.2 Å². The van der Waals surface area contributed by atoms with Crippen molar-refractivity contribution in [2.45, 2.75) is 44.8 Å². The van der Waals surface area contributed by atoms with E-state index in [1.165, 1.54) is 12.0 Å². The molecule has 160 valence electrons. The highest BCUT2D eigenvalue weighted by molar-refractivity contribution is 5.83. The maximum Gasteiger partial charge on any atom is 0.239 e. The summed E-state index contributed by atoms with van der Waals surface area (Å²) in [6, 6.07) is 21.1. The van der Waals surface area contributed by atoms with Crippen LogP contribution in [0.15, 0.2) is 60.7 Å². The van der Waals surface area contributed by atoms with Crippen molar-refractivity contribution < 1.29 is 4.74 Å². The molecule has 32 heavy (non-hydrogen) atoms. The van der Waals surface area contributed by atoms with Crippen molar-refractivity contribution in [2.24, 2.45) is 5.73 Å². The molecule has 3 heterocycles. The van der Waals surface area contributed by atoms with Crippen LogP contribution in [0.2, 0.25) is 0 Å². The largest absolute Gasteiger partial charge is 0.468 e. The first-order chi connectivity index (χ1) is 15.7. The standard InChI is InChI=1S/C26H25N5O/c1-2-22-29-30-23-16-32-25-21(31(22)23)15-20(17-7-4-3-5-8-17)24(28-25)18-9-11-19(12-10-18)26(27)13-6-14-26/h3-5,7-12,15H,2,6,13-14,16,27H2,1H3. The maximum absolute atomic E-state index is 6.54. The molecule has 0 bridgehead atoms. The Morgan fingerprint density at radius 1 is 1.00 bits per heavy atom. The van der Waals surface area contributed by atoms with Gasteiger partial charge in [-0.05, 0) is 36.5 Å². The Bertz CT molecular complexity index is 1280. The molecule has 0 atom stereocenters. The molecule has 1 aliphatic heterocycles. The van der Waals surface area contributed by atoms with Crippen LogP contribution in [0.25, 0.3) is 28.1 Å². The number of nitrogens with two attached hydrogens (primary N) is 1. The van der Waals surface area contributed by atoms with E-state index in [-0.39, 0.29) is 5.54 Å². The number of fused-ring (bicyclic) bond motifs is 3. The van der Waals surface area contributed by atoms with E-state index in [2.05, 4.69) is 76.3 Å². The Labute approximate surface area is 187 Å². The fraction of sp³-hybridized carbons (Fsp3) is 0.269. The van der Waals surface area contributed by atoms with E-state index in [1.54, 1.807) is 0 Å². The number of benzene rings is 2. The van der Waals surface area contributed by atoms with Crippen molar-refractivity contribution in [3.8, 4) is 34.0 Å². The SMILES string of the molecule is CCc1nnc2n1-c1cc(-c3ccccc3)c(-c3ccc(C4(N)CCC4)cc3)nc1OC2. The van der Waals surface area contributed by atoms with Crippen molar-refractivity contribution in [1.29, 1.82) is 0 Å². The van der Waals surface area contributed by atoms with Gasteiger partial charge in [-0.25, -0.2) is 4.98 Å². The van der Waals surface area contributed by atoms with E-state index in [4.69, 9.17) is 15.5 Å². The Morgan fingerprint density at radius 2 is 1.78 bits per heavy atom. The molecular weight excluding hydrogens is 398 g/mol. The van der Waals surface area contributed by atoms with E-state index in [0.29, 0.717) is 12.5 Å². The summed E-state index contributed by atoms with van der Waals surface area (Å²) in [5.41, 5.74) is 12.6. The first-order valence-corrected chi connectivity index (χ1v) is 11.2. The Kier molecular flexibility index (Phi) is 4.36. The third-order valence-corrected chi connectivity index (χ3v) is 6.72. The number of aromatic nitrogens is 4. The minimum atomic E-state index is -0.172. The van der Waals surface area contributed by atoms with E-state index < -0.39 is 0 Å². The summed E-state index contributed by atoms with van der Waals surface area (Å²) in [5, 5.41) is 8.64. The topological polar surface area (TPSA) is 78.9 Å². The summed E-state index contributed by atoms with van der Waals surface area (Å²) in [4.78, 5) is 5.01. The number of ether oxygens (including phenoxy) is 1. The van der Waals surface area contributed by atoms with Gasteiger partial charge in [0.15, 0.2) is 12.4 Å². The summed E-state index contributed by atoms with van der Waals surface area (Å²) in [5.74, 6) is 2.33. The van der Waals surface area contributed by atoms with Crippen molar-refractivity contribution in [3.05, 3.63) is 77.9 Å². The molecule has 2 N–H and O–H groups in total. The molecule has 4 aromatic rings. The molecule has 2 aliphatic rings. The molecule has 0 saturated heterocycles. The first-order valence-electron chi connectivity index (χ1n) is 11.2. The van der Waals surface area contributed by atoms with Crippen LogP contribution >= 0.6 is 0 Å². The highest BCUT2D eigenvalue weighted by Crippen LogP contribution is 2.41. The lowest BCUT2D eigenvalue weighted by atomic mass is 9.72. The summed E-state index contributed by atoms with van der Waals surface area (Å²) in [7, 11) is 0. The van der Waals surface area contributed by atoms with Crippen LogP contribution in [0.3, 0.4) is 0 Å². The van der Waals surface area contributed by atoms with Crippen molar-refractivity contribution >= 4 is 0 Å². The van der Waals surface area contributed by atoms with E-state index in [0.717, 1.165) is 59.0 Å². The summed E-state index contributed by atoms with van der Waals surface area (Å²) in [6.07, 6.45) is 4.09. The van der Waals surface area contributed by atoms with Gasteiger partial charge in [-0.1, -0.05) is 61.5 Å². The first kappa shape index (κ1) is 19.2. The monoisotopic (exact) mass is 423 g/mol. The van der Waals surface area contributed by atoms with Gasteiger partial charge in [0.25, 0.3) is 0 Å². The lowest BCUT2D eigenvalue weighted by Crippen LogP contribution is -2.43. The number of pyridine rings is 1. The molecule has 6 heteroatoms. The molecule has 0 radical (unpaired) electrons. The van der Waals surface area contributed by atoms with E-state index >= 15 is 0 Å². The van der Waals surface area contributed by atoms with Crippen LogP contribution in [0.5, 0.6) is 5.88 Å². The summed E-state index contributed by atoms with van der Waals surface area (Å²) in [6.45, 7) is 2.45. The zero-order chi connectivity index (χ0) is 21.7. The zero-order valence-electron chi connectivity index (χ0n) is 18.1. The van der Waals surface area contributed by atoms with Gasteiger partial charge in [0.05, 0.1) is 5.69 Å². The fourth-order valence-corrected chi connectivity index (χ4v) is 4.70. The second kappa shape index (κ2) is 7.28. The van der Waals surface area contributed by atoms with Gasteiger partial charge < -0.3 is 10.5 Å². The molecule has 0 amide bonds. The normalized spacial score (nSPS) is 15.9. The molecule has 6 rings (SSSR count). The molecule has 1 fully saturated rings. The maximum atomic E-state index is 6.54. The van der Waals surface area contributed by atoms with Gasteiger partial charge in [0, 0.05) is 23.1 Å². The number of aryl methyl sites for hydroxylation is 1. The second-order valence-corrected chi connectivity index (χ2v) is 8.67. The van der Waals surface area contributed by atoms with Crippen LogP contribution in [-0.4, -0.2) is 19.7 Å². The predicted molar refractivity (Wildman–Crippen MR) is 123 cm³/mol. The minimum absolute atomic E-state index is 0.172. The minimum Gasteiger partial charge on any atom is -0.468 e. The predicted octanol–water partition coefficient (Wildman–Crippen LogP) is 4.79. The van der Waals surface area contributed by atoms with Crippen LogP contribution in [-0.2, 0) is 18.6 Å². The van der Waals surface area contributed by atoms with Crippen LogP contribution in [0.1, 0.15) is 43.4 Å². The van der Waals surface area contributed by atoms with Crippen molar-refractivity contribution in [2.75, 3.05) is 0 Å². The van der Waals surface area contributed by atoms with Crippen LogP contribution in [0.4, 0.5) is 0 Å². The van der Waals surface area contributed by atoms with Crippen LogP contribution < -0.4 is 10.5 Å². The molecular formula is C26H25N5O. The average molecular weight is 424 g/mol. The molecule has 2 aromatic carbocycles. The summed E-state index contributed by atoms with van der Waals surface area (Å²) >= 11 is 0. The Morgan fingerprint density at radius 3 is 2.47 bits per heavy atom. The highest BCUT2D eigenvalue weighted by atomic mass is 16.5. The average Bonchev–Trinajstić information content (AvgIpc) is 3.26. The Balaban J connectivity index is 1.53. The number of hydrogen-bond donors (Lipinski definition) is 1. The zero-order valence-corrected chi connectivity index (χ0v) is 18.1. The second-order valence-electron chi connectivity index (χ2n) is 8.67. The fourth-order valence-electron chi connectivity index (χ4n) is 4.70. The third-order valence-electron chi connectivity index (χ3n) is 6.72. The molecule has 2 aromatic heterocycles. The summed E-state index contributed by atoms with van der Waals surface area (Å²) < 4.78 is 8.09. The van der Waals surface area contributed by atoms with E-state index in [1.807, 2.05) is 6.07 Å². The van der Waals surface area contributed by atoms with Gasteiger partial charge in [0.2, 0.25) is 5.88 Å². The van der Waals surface area contributed by atoms with Gasteiger partial charge in [-0.3, -0.25) is 4.57 Å². The highest BCUT2D eigenvalue weighted by Gasteiger charge is 2.34. The molecule has 0 spiro atoms. The van der Waals surface area contributed by atoms with E-state index in [9.17, 15) is 0 Å². The Hall–Kier alpha value is -3.51. The van der Waals surface area contributed by atoms with Crippen LogP contribution in [0, 0.1) is 0 Å². The van der Waals surface area contributed by atoms with Gasteiger partial charge >= 0.3 is 0 Å². The lowest BCUT2D eigenvalue weighted by molar-refractivity contribution is 0.253. The van der Waals surface area contributed by atoms with Gasteiger partial charge in [-0.2, -0.15) is 0 Å². The van der Waals surface area contributed by atoms with Gasteiger partial charge in [0.1, 0.15) is 11.5 Å². The molecule has 0 unspecified atom stereocenters. The smallest absolute Gasteiger partial charge is 0.239 e. The quantitative estimate of drug-likeness (QED) is 0.511. The number of nitrogens with zero attached hydrogens (tertiary/aromatic N) is 4. The lowest BCUT2D eigenvalue weighted by Gasteiger charge is -2.38. The van der Waals surface area contributed by atoms with Crippen molar-refractivity contribution in [1.82, 2.24) is 19.7 Å². The molecule has 1 aliphatic carbocycles. The number of hydrogen-bond acceptors (Lipinski definition) is 5. The molecule has 6 nitrogen and oxygen atoms in total. The number of rotatable bonds is 4.